The van der Waals surface area contributed by atoms with Crippen LogP contribution in [-0.4, -0.2) is 35.4 Å². The highest BCUT2D eigenvalue weighted by Crippen LogP contribution is 2.27. The predicted molar refractivity (Wildman–Crippen MR) is 67.4 cm³/mol. The number of amides is 1. The summed E-state index contributed by atoms with van der Waals surface area (Å²) in [6.45, 7) is 1.36. The lowest BCUT2D eigenvalue weighted by molar-refractivity contribution is -0.386. The molecule has 0 aliphatic carbocycles. The van der Waals surface area contributed by atoms with Gasteiger partial charge in [0.25, 0.3) is 0 Å². The number of anilines is 1. The molecular weight excluding hydrogens is 253 g/mol. The molecule has 19 heavy (non-hydrogen) atoms. The van der Waals surface area contributed by atoms with Crippen LogP contribution in [0, 0.1) is 15.9 Å². The van der Waals surface area contributed by atoms with E-state index >= 15 is 0 Å². The minimum Gasteiger partial charge on any atom is -0.370 e. The Morgan fingerprint density at radius 3 is 2.74 bits per heavy atom. The van der Waals surface area contributed by atoms with E-state index < -0.39 is 16.4 Å². The van der Waals surface area contributed by atoms with Crippen LogP contribution < -0.4 is 5.32 Å². The fraction of sp³-hybridized carbons (Fsp3) is 0.417. The number of rotatable bonds is 4. The minimum atomic E-state index is -0.913. The largest absolute Gasteiger partial charge is 0.370 e. The number of nitrogens with zero attached hydrogens (tertiary/aromatic N) is 2. The summed E-state index contributed by atoms with van der Waals surface area (Å²) in [5.74, 6) is -1.04. The predicted octanol–water partition coefficient (Wildman–Crippen LogP) is 1.77. The molecule has 0 unspecified atom stereocenters. The van der Waals surface area contributed by atoms with Gasteiger partial charge in [-0.3, -0.25) is 14.9 Å². The third-order valence-electron chi connectivity index (χ3n) is 3.06. The number of para-hydroxylation sites is 1. The number of carbonyl (C=O) groups excluding carboxylic acids is 1. The van der Waals surface area contributed by atoms with E-state index in [1.807, 2.05) is 0 Å². The SMILES string of the molecule is O=C(CNc1cccc(F)c1[N+](=O)[O-])N1CCCC1. The lowest BCUT2D eigenvalue weighted by Gasteiger charge is -2.15. The van der Waals surface area contributed by atoms with Crippen LogP contribution in [0.4, 0.5) is 15.8 Å². The van der Waals surface area contributed by atoms with Crippen LogP contribution in [0.15, 0.2) is 18.2 Å². The van der Waals surface area contributed by atoms with Crippen molar-refractivity contribution in [3.8, 4) is 0 Å². The summed E-state index contributed by atoms with van der Waals surface area (Å²) in [7, 11) is 0. The molecule has 1 saturated heterocycles. The normalized spacial score (nSPS) is 14.5. The first-order chi connectivity index (χ1) is 9.09. The maximum atomic E-state index is 13.3. The van der Waals surface area contributed by atoms with Gasteiger partial charge in [0, 0.05) is 13.1 Å². The Kier molecular flexibility index (Phi) is 3.94. The minimum absolute atomic E-state index is 0.0255. The van der Waals surface area contributed by atoms with Crippen molar-refractivity contribution in [2.75, 3.05) is 25.0 Å². The van der Waals surface area contributed by atoms with Gasteiger partial charge in [0.2, 0.25) is 11.7 Å². The van der Waals surface area contributed by atoms with Crippen LogP contribution in [-0.2, 0) is 4.79 Å². The molecule has 0 atom stereocenters. The Hall–Kier alpha value is -2.18. The number of hydrogen-bond acceptors (Lipinski definition) is 4. The summed E-state index contributed by atoms with van der Waals surface area (Å²) >= 11 is 0. The highest BCUT2D eigenvalue weighted by molar-refractivity contribution is 5.82. The summed E-state index contributed by atoms with van der Waals surface area (Å²) in [6.07, 6.45) is 1.96. The first-order valence-electron chi connectivity index (χ1n) is 6.04. The van der Waals surface area contributed by atoms with Gasteiger partial charge >= 0.3 is 5.69 Å². The van der Waals surface area contributed by atoms with Crippen molar-refractivity contribution in [3.63, 3.8) is 0 Å². The Labute approximate surface area is 109 Å². The fourth-order valence-corrected chi connectivity index (χ4v) is 2.09. The van der Waals surface area contributed by atoms with Gasteiger partial charge < -0.3 is 10.2 Å². The van der Waals surface area contributed by atoms with Crippen molar-refractivity contribution in [2.45, 2.75) is 12.8 Å². The van der Waals surface area contributed by atoms with Crippen LogP contribution in [0.5, 0.6) is 0 Å². The van der Waals surface area contributed by atoms with Gasteiger partial charge in [0.1, 0.15) is 5.69 Å². The average molecular weight is 267 g/mol. The second kappa shape index (κ2) is 5.64. The number of nitro benzene ring substituents is 1. The van der Waals surface area contributed by atoms with Gasteiger partial charge in [-0.25, -0.2) is 0 Å². The van der Waals surface area contributed by atoms with Gasteiger partial charge in [-0.15, -0.1) is 0 Å². The summed E-state index contributed by atoms with van der Waals surface area (Å²) in [4.78, 5) is 23.5. The molecule has 7 heteroatoms. The summed E-state index contributed by atoms with van der Waals surface area (Å²) < 4.78 is 13.3. The second-order valence-electron chi connectivity index (χ2n) is 4.33. The van der Waals surface area contributed by atoms with Crippen LogP contribution in [0.3, 0.4) is 0 Å². The van der Waals surface area contributed by atoms with Gasteiger partial charge in [0.15, 0.2) is 0 Å². The Morgan fingerprint density at radius 2 is 2.11 bits per heavy atom. The van der Waals surface area contributed by atoms with Crippen molar-refractivity contribution in [1.82, 2.24) is 4.90 Å². The zero-order valence-corrected chi connectivity index (χ0v) is 10.3. The second-order valence-corrected chi connectivity index (χ2v) is 4.33. The zero-order chi connectivity index (χ0) is 13.8. The Morgan fingerprint density at radius 1 is 1.42 bits per heavy atom. The van der Waals surface area contributed by atoms with Crippen molar-refractivity contribution in [3.05, 3.63) is 34.1 Å². The lowest BCUT2D eigenvalue weighted by atomic mass is 10.2. The van der Waals surface area contributed by atoms with E-state index in [1.165, 1.54) is 12.1 Å². The van der Waals surface area contributed by atoms with Crippen molar-refractivity contribution < 1.29 is 14.1 Å². The van der Waals surface area contributed by atoms with E-state index in [0.29, 0.717) is 13.1 Å². The average Bonchev–Trinajstić information content (AvgIpc) is 2.89. The van der Waals surface area contributed by atoms with Crippen molar-refractivity contribution in [2.24, 2.45) is 0 Å². The van der Waals surface area contributed by atoms with E-state index in [4.69, 9.17) is 0 Å². The molecule has 1 N–H and O–H groups in total. The number of hydrogen-bond donors (Lipinski definition) is 1. The van der Waals surface area contributed by atoms with E-state index in [9.17, 15) is 19.3 Å². The number of carbonyl (C=O) groups is 1. The monoisotopic (exact) mass is 267 g/mol. The molecular formula is C12H14FN3O3. The van der Waals surface area contributed by atoms with E-state index in [2.05, 4.69) is 5.32 Å². The van der Waals surface area contributed by atoms with Crippen molar-refractivity contribution in [1.29, 1.82) is 0 Å². The summed E-state index contributed by atoms with van der Waals surface area (Å²) in [6, 6.07) is 3.77. The van der Waals surface area contributed by atoms with E-state index in [1.54, 1.807) is 4.90 Å². The maximum Gasteiger partial charge on any atom is 0.327 e. The molecule has 1 aliphatic rings. The van der Waals surface area contributed by atoms with Gasteiger partial charge in [-0.1, -0.05) is 6.07 Å². The molecule has 0 aromatic heterocycles. The molecule has 102 valence electrons. The molecule has 1 fully saturated rings. The molecule has 0 saturated carbocycles. The smallest absolute Gasteiger partial charge is 0.327 e. The number of nitro groups is 1. The molecule has 1 aliphatic heterocycles. The molecule has 0 spiro atoms. The molecule has 6 nitrogen and oxygen atoms in total. The Bertz CT molecular complexity index is 501. The molecule has 0 radical (unpaired) electrons. The standard InChI is InChI=1S/C12H14FN3O3/c13-9-4-3-5-10(12(9)16(18)19)14-8-11(17)15-6-1-2-7-15/h3-5,14H,1-2,6-8H2. The van der Waals surface area contributed by atoms with Gasteiger partial charge in [-0.2, -0.15) is 4.39 Å². The third-order valence-corrected chi connectivity index (χ3v) is 3.06. The number of benzene rings is 1. The molecule has 1 heterocycles. The zero-order valence-electron chi connectivity index (χ0n) is 10.3. The maximum absolute atomic E-state index is 13.3. The Balaban J connectivity index is 2.05. The highest BCUT2D eigenvalue weighted by atomic mass is 19.1. The van der Waals surface area contributed by atoms with Crippen LogP contribution in [0.2, 0.25) is 0 Å². The van der Waals surface area contributed by atoms with E-state index in [-0.39, 0.29) is 18.1 Å². The van der Waals surface area contributed by atoms with Crippen molar-refractivity contribution >= 4 is 17.3 Å². The third kappa shape index (κ3) is 2.98. The molecule has 1 amide bonds. The fourth-order valence-electron chi connectivity index (χ4n) is 2.09. The van der Waals surface area contributed by atoms with Crippen LogP contribution in [0.25, 0.3) is 0 Å². The lowest BCUT2D eigenvalue weighted by Crippen LogP contribution is -2.33. The molecule has 1 aromatic rings. The van der Waals surface area contributed by atoms with Gasteiger partial charge in [0.05, 0.1) is 11.5 Å². The number of halogens is 1. The number of likely N-dealkylation sites (tertiary alicyclic amines) is 1. The molecule has 2 rings (SSSR count). The summed E-state index contributed by atoms with van der Waals surface area (Å²) in [5, 5.41) is 13.4. The van der Waals surface area contributed by atoms with Crippen LogP contribution in [0.1, 0.15) is 12.8 Å². The topological polar surface area (TPSA) is 75.5 Å². The first kappa shape index (κ1) is 13.3. The molecule has 0 bridgehead atoms. The highest BCUT2D eigenvalue weighted by Gasteiger charge is 2.22. The van der Waals surface area contributed by atoms with E-state index in [0.717, 1.165) is 18.9 Å². The van der Waals surface area contributed by atoms with Crippen LogP contribution >= 0.6 is 0 Å². The number of nitrogens with one attached hydrogen (secondary N) is 1. The summed E-state index contributed by atoms with van der Waals surface area (Å²) in [5.41, 5.74) is -0.603. The van der Waals surface area contributed by atoms with Gasteiger partial charge in [-0.05, 0) is 25.0 Å². The molecule has 1 aromatic carbocycles. The quantitative estimate of drug-likeness (QED) is 0.666. The first-order valence-corrected chi connectivity index (χ1v) is 6.04.